The van der Waals surface area contributed by atoms with Gasteiger partial charge in [-0.15, -0.1) is 0 Å². The first-order chi connectivity index (χ1) is 9.39. The Morgan fingerprint density at radius 1 is 1.45 bits per heavy atom. The van der Waals surface area contributed by atoms with Crippen LogP contribution in [0.2, 0.25) is 0 Å². The zero-order chi connectivity index (χ0) is 14.5. The van der Waals surface area contributed by atoms with E-state index in [9.17, 15) is 18.3 Å². The number of carboxylic acid groups (broad SMARTS) is 1. The second-order valence-corrected chi connectivity index (χ2v) is 7.34. The minimum absolute atomic E-state index is 0.0204. The molecule has 0 saturated carbocycles. The molecule has 1 aliphatic rings. The molecule has 20 heavy (non-hydrogen) atoms. The second-order valence-electron chi connectivity index (χ2n) is 5.11. The van der Waals surface area contributed by atoms with Gasteiger partial charge in [-0.2, -0.15) is 0 Å². The van der Waals surface area contributed by atoms with Crippen LogP contribution in [0.4, 0.5) is 0 Å². The molecule has 1 N–H and O–H groups in total. The number of carboxylic acids is 1. The Morgan fingerprint density at radius 3 is 2.80 bits per heavy atom. The number of nitrogens with zero attached hydrogens (tertiary/aromatic N) is 2. The molecule has 0 radical (unpaired) electrons. The number of carbonyl (C=O) groups is 1. The van der Waals surface area contributed by atoms with E-state index in [4.69, 9.17) is 0 Å². The number of hydrogen-bond acceptors (Lipinski definition) is 4. The van der Waals surface area contributed by atoms with Gasteiger partial charge in [0.2, 0.25) is 0 Å². The molecule has 1 saturated heterocycles. The normalized spacial score (nSPS) is 21.4. The van der Waals surface area contributed by atoms with Crippen LogP contribution in [0, 0.1) is 6.92 Å². The highest BCUT2D eigenvalue weighted by Gasteiger charge is 2.33. The van der Waals surface area contributed by atoms with E-state index < -0.39 is 15.8 Å². The molecule has 1 aliphatic heterocycles. The first-order valence-electron chi connectivity index (χ1n) is 6.31. The molecule has 106 valence electrons. The quantitative estimate of drug-likeness (QED) is 0.900. The lowest BCUT2D eigenvalue weighted by Gasteiger charge is -2.09. The molecule has 7 heteroatoms. The molecule has 1 unspecified atom stereocenters. The van der Waals surface area contributed by atoms with Gasteiger partial charge in [0.1, 0.15) is 5.82 Å². The van der Waals surface area contributed by atoms with E-state index >= 15 is 0 Å². The molecule has 1 fully saturated rings. The number of hydrogen-bond donors (Lipinski definition) is 1. The Hall–Kier alpha value is -1.89. The van der Waals surface area contributed by atoms with Gasteiger partial charge >= 0.3 is 5.97 Å². The van der Waals surface area contributed by atoms with Crippen LogP contribution in [0.5, 0.6) is 0 Å². The number of sulfone groups is 1. The van der Waals surface area contributed by atoms with Crippen LogP contribution in [0.3, 0.4) is 0 Å². The molecule has 3 rings (SSSR count). The van der Waals surface area contributed by atoms with Crippen molar-refractivity contribution in [2.45, 2.75) is 19.3 Å². The largest absolute Gasteiger partial charge is 0.476 e. The molecule has 3 heterocycles. The number of imidazole rings is 1. The third-order valence-electron chi connectivity index (χ3n) is 3.68. The molecule has 0 aliphatic carbocycles. The zero-order valence-corrected chi connectivity index (χ0v) is 11.7. The van der Waals surface area contributed by atoms with Crippen LogP contribution < -0.4 is 0 Å². The summed E-state index contributed by atoms with van der Waals surface area (Å²) in [7, 11) is -3.04. The Bertz CT molecular complexity index is 807. The monoisotopic (exact) mass is 294 g/mol. The summed E-state index contributed by atoms with van der Waals surface area (Å²) >= 11 is 0. The Balaban J connectivity index is 2.23. The Kier molecular flexibility index (Phi) is 2.82. The maximum Gasteiger partial charge on any atom is 0.356 e. The molecule has 0 bridgehead atoms. The van der Waals surface area contributed by atoms with E-state index in [-0.39, 0.29) is 23.1 Å². The summed E-state index contributed by atoms with van der Waals surface area (Å²) < 4.78 is 25.0. The molecule has 0 aromatic carbocycles. The summed E-state index contributed by atoms with van der Waals surface area (Å²) in [6, 6.07) is 5.32. The average molecular weight is 294 g/mol. The topological polar surface area (TPSA) is 88.7 Å². The summed E-state index contributed by atoms with van der Waals surface area (Å²) in [5.41, 5.74) is 1.34. The van der Waals surface area contributed by atoms with Crippen LogP contribution in [0.25, 0.3) is 5.52 Å². The lowest BCUT2D eigenvalue weighted by atomic mass is 10.1. The Labute approximate surface area is 116 Å². The van der Waals surface area contributed by atoms with Gasteiger partial charge in [0.15, 0.2) is 15.5 Å². The maximum absolute atomic E-state index is 11.6. The smallest absolute Gasteiger partial charge is 0.356 e. The number of pyridine rings is 1. The minimum Gasteiger partial charge on any atom is -0.476 e. The van der Waals surface area contributed by atoms with Crippen LogP contribution in [0.15, 0.2) is 18.2 Å². The fourth-order valence-electron chi connectivity index (χ4n) is 2.76. The van der Waals surface area contributed by atoms with Gasteiger partial charge in [0.05, 0.1) is 17.0 Å². The van der Waals surface area contributed by atoms with E-state index in [1.54, 1.807) is 16.5 Å². The molecular formula is C13H14N2O4S. The highest BCUT2D eigenvalue weighted by atomic mass is 32.2. The molecule has 0 amide bonds. The summed E-state index contributed by atoms with van der Waals surface area (Å²) in [5, 5.41) is 9.24. The highest BCUT2D eigenvalue weighted by molar-refractivity contribution is 7.91. The lowest BCUT2D eigenvalue weighted by molar-refractivity contribution is 0.0693. The summed E-state index contributed by atoms with van der Waals surface area (Å²) in [6.07, 6.45) is 0.495. The molecule has 0 spiro atoms. The van der Waals surface area contributed by atoms with Gasteiger partial charge in [-0.25, -0.2) is 18.2 Å². The average Bonchev–Trinajstić information content (AvgIpc) is 2.90. The van der Waals surface area contributed by atoms with Crippen molar-refractivity contribution in [3.8, 4) is 0 Å². The van der Waals surface area contributed by atoms with E-state index in [1.807, 2.05) is 13.0 Å². The van der Waals surface area contributed by atoms with Crippen LogP contribution in [-0.2, 0) is 9.84 Å². The highest BCUT2D eigenvalue weighted by Crippen LogP contribution is 2.30. The van der Waals surface area contributed by atoms with Crippen molar-refractivity contribution in [1.82, 2.24) is 9.38 Å². The van der Waals surface area contributed by atoms with Crippen LogP contribution in [0.1, 0.15) is 34.3 Å². The summed E-state index contributed by atoms with van der Waals surface area (Å²) in [5.74, 6) is -0.612. The predicted molar refractivity (Wildman–Crippen MR) is 72.9 cm³/mol. The summed E-state index contributed by atoms with van der Waals surface area (Å²) in [6.45, 7) is 1.85. The molecule has 6 nitrogen and oxygen atoms in total. The zero-order valence-electron chi connectivity index (χ0n) is 10.9. The van der Waals surface area contributed by atoms with Crippen molar-refractivity contribution in [2.75, 3.05) is 11.5 Å². The van der Waals surface area contributed by atoms with Gasteiger partial charge in [0, 0.05) is 11.6 Å². The van der Waals surface area contributed by atoms with Gasteiger partial charge in [-0.3, -0.25) is 4.40 Å². The number of aromatic carboxylic acids is 1. The van der Waals surface area contributed by atoms with Gasteiger partial charge in [-0.05, 0) is 25.5 Å². The number of fused-ring (bicyclic) bond motifs is 1. The van der Waals surface area contributed by atoms with Gasteiger partial charge in [0.25, 0.3) is 0 Å². The van der Waals surface area contributed by atoms with Crippen molar-refractivity contribution in [1.29, 1.82) is 0 Å². The van der Waals surface area contributed by atoms with E-state index in [0.29, 0.717) is 17.8 Å². The minimum atomic E-state index is -3.04. The molecule has 2 aromatic heterocycles. The molecular weight excluding hydrogens is 280 g/mol. The fraction of sp³-hybridized carbons (Fsp3) is 0.385. The van der Waals surface area contributed by atoms with Crippen molar-refractivity contribution in [3.63, 3.8) is 0 Å². The first kappa shape index (κ1) is 13.1. The van der Waals surface area contributed by atoms with Crippen molar-refractivity contribution in [3.05, 3.63) is 35.4 Å². The predicted octanol–water partition coefficient (Wildman–Crippen LogP) is 1.24. The number of aryl methyl sites for hydroxylation is 1. The van der Waals surface area contributed by atoms with Crippen LogP contribution in [-0.4, -0.2) is 40.4 Å². The van der Waals surface area contributed by atoms with Crippen molar-refractivity contribution >= 4 is 21.3 Å². The first-order valence-corrected chi connectivity index (χ1v) is 8.13. The molecule has 2 aromatic rings. The third kappa shape index (κ3) is 1.98. The van der Waals surface area contributed by atoms with Gasteiger partial charge in [-0.1, -0.05) is 6.07 Å². The van der Waals surface area contributed by atoms with Gasteiger partial charge < -0.3 is 5.11 Å². The Morgan fingerprint density at radius 2 is 2.20 bits per heavy atom. The maximum atomic E-state index is 11.6. The van der Waals surface area contributed by atoms with E-state index in [1.165, 1.54) is 0 Å². The van der Waals surface area contributed by atoms with Crippen molar-refractivity contribution < 1.29 is 18.3 Å². The summed E-state index contributed by atoms with van der Waals surface area (Å²) in [4.78, 5) is 15.5. The van der Waals surface area contributed by atoms with Crippen LogP contribution >= 0.6 is 0 Å². The lowest BCUT2D eigenvalue weighted by Crippen LogP contribution is -2.08. The number of rotatable bonds is 2. The van der Waals surface area contributed by atoms with E-state index in [2.05, 4.69) is 4.98 Å². The standard InChI is InChI=1S/C13H14N2O4S/c1-8-3-2-4-10-11(13(16)17)14-12(15(8)10)9-5-6-20(18,19)7-9/h2-4,9H,5-7H2,1H3,(H,16,17). The fourth-order valence-corrected chi connectivity index (χ4v) is 4.50. The third-order valence-corrected chi connectivity index (χ3v) is 5.45. The number of aromatic nitrogens is 2. The SMILES string of the molecule is Cc1cccc2c(C(=O)O)nc(C3CCS(=O)(=O)C3)n12. The second kappa shape index (κ2) is 4.31. The van der Waals surface area contributed by atoms with Crippen molar-refractivity contribution in [2.24, 2.45) is 0 Å². The van der Waals surface area contributed by atoms with E-state index in [0.717, 1.165) is 5.69 Å². The molecule has 1 atom stereocenters.